The Hall–Kier alpha value is -4.15. The largest absolute Gasteiger partial charge is 0.399 e. The molecule has 0 radical (unpaired) electrons. The van der Waals surface area contributed by atoms with Gasteiger partial charge in [-0.25, -0.2) is 14.7 Å². The zero-order valence-electron chi connectivity index (χ0n) is 18.5. The number of rotatable bonds is 5. The summed E-state index contributed by atoms with van der Waals surface area (Å²) in [5.41, 5.74) is 9.32. The number of aromatic nitrogens is 4. The number of fused-ring (bicyclic) bond motifs is 1. The SMILES string of the molecule is Nc1cccc(N2C(=O)N(c3ccccc3)Cc3cnc(Nc4cn(C5COC5)nc4Cl)nc32)c1. The topological polar surface area (TPSA) is 114 Å². The first kappa shape index (κ1) is 21.4. The summed E-state index contributed by atoms with van der Waals surface area (Å²) in [5.74, 6) is 0.770. The Morgan fingerprint density at radius 3 is 2.63 bits per heavy atom. The van der Waals surface area contributed by atoms with Crippen LogP contribution >= 0.6 is 11.6 Å². The van der Waals surface area contributed by atoms with Crippen molar-refractivity contribution >= 4 is 52.1 Å². The van der Waals surface area contributed by atoms with E-state index in [1.54, 1.807) is 45.1 Å². The summed E-state index contributed by atoms with van der Waals surface area (Å²) in [4.78, 5) is 26.1. The van der Waals surface area contributed by atoms with Gasteiger partial charge in [-0.2, -0.15) is 10.1 Å². The van der Waals surface area contributed by atoms with Crippen LogP contribution in [0.4, 0.5) is 39.3 Å². The molecule has 4 aromatic rings. The molecule has 11 heteroatoms. The predicted molar refractivity (Wildman–Crippen MR) is 133 cm³/mol. The van der Waals surface area contributed by atoms with E-state index in [0.717, 1.165) is 11.3 Å². The van der Waals surface area contributed by atoms with Gasteiger partial charge >= 0.3 is 6.03 Å². The number of hydrogen-bond acceptors (Lipinski definition) is 7. The minimum Gasteiger partial charge on any atom is -0.399 e. The molecule has 35 heavy (non-hydrogen) atoms. The normalized spacial score (nSPS) is 15.6. The van der Waals surface area contributed by atoms with Crippen LogP contribution in [0.5, 0.6) is 0 Å². The van der Waals surface area contributed by atoms with Gasteiger partial charge in [0.15, 0.2) is 11.0 Å². The molecule has 1 fully saturated rings. The molecule has 6 rings (SSSR count). The summed E-state index contributed by atoms with van der Waals surface area (Å²) in [6.45, 7) is 1.53. The number of nitrogens with zero attached hydrogens (tertiary/aromatic N) is 6. The Morgan fingerprint density at radius 2 is 1.89 bits per heavy atom. The van der Waals surface area contributed by atoms with Crippen molar-refractivity contribution in [3.63, 3.8) is 0 Å². The highest BCUT2D eigenvalue weighted by Gasteiger charge is 2.34. The Bertz CT molecular complexity index is 1410. The highest BCUT2D eigenvalue weighted by molar-refractivity contribution is 6.32. The van der Waals surface area contributed by atoms with Crippen LogP contribution in [0.3, 0.4) is 0 Å². The fraction of sp³-hybridized carbons (Fsp3) is 0.167. The molecular formula is C24H21ClN8O2. The number of halogens is 1. The van der Waals surface area contributed by atoms with Crippen LogP contribution in [0.2, 0.25) is 5.15 Å². The fourth-order valence-corrected chi connectivity index (χ4v) is 4.24. The molecule has 0 bridgehead atoms. The molecule has 2 aliphatic rings. The van der Waals surface area contributed by atoms with E-state index in [0.29, 0.717) is 53.7 Å². The van der Waals surface area contributed by atoms with Crippen LogP contribution < -0.4 is 20.9 Å². The van der Waals surface area contributed by atoms with Gasteiger partial charge in [-0.3, -0.25) is 9.58 Å². The lowest BCUT2D eigenvalue weighted by atomic mass is 10.1. The van der Waals surface area contributed by atoms with E-state index >= 15 is 0 Å². The molecule has 2 amide bonds. The number of para-hydroxylation sites is 1. The molecule has 176 valence electrons. The number of nitrogens with two attached hydrogens (primary N) is 1. The lowest BCUT2D eigenvalue weighted by Crippen LogP contribution is -2.45. The molecule has 4 heterocycles. The average Bonchev–Trinajstić information content (AvgIpc) is 3.17. The van der Waals surface area contributed by atoms with E-state index in [2.05, 4.69) is 15.4 Å². The van der Waals surface area contributed by atoms with Crippen LogP contribution in [-0.2, 0) is 11.3 Å². The van der Waals surface area contributed by atoms with Gasteiger partial charge in [0.1, 0.15) is 0 Å². The summed E-state index contributed by atoms with van der Waals surface area (Å²) >= 11 is 6.34. The second kappa shape index (κ2) is 8.57. The van der Waals surface area contributed by atoms with Crippen LogP contribution in [-0.4, -0.2) is 39.0 Å². The molecule has 2 aliphatic heterocycles. The smallest absolute Gasteiger partial charge is 0.335 e. The third-order valence-corrected chi connectivity index (χ3v) is 6.21. The molecule has 0 atom stereocenters. The van der Waals surface area contributed by atoms with Gasteiger partial charge in [0, 0.05) is 23.1 Å². The highest BCUT2D eigenvalue weighted by Crippen LogP contribution is 2.37. The van der Waals surface area contributed by atoms with Gasteiger partial charge < -0.3 is 15.8 Å². The van der Waals surface area contributed by atoms with E-state index in [1.807, 2.05) is 36.4 Å². The van der Waals surface area contributed by atoms with Gasteiger partial charge in [-0.1, -0.05) is 35.9 Å². The van der Waals surface area contributed by atoms with Gasteiger partial charge in [-0.05, 0) is 30.3 Å². The van der Waals surface area contributed by atoms with Crippen molar-refractivity contribution in [2.75, 3.05) is 34.1 Å². The van der Waals surface area contributed by atoms with Crippen LogP contribution in [0.1, 0.15) is 11.6 Å². The number of nitrogen functional groups attached to an aromatic ring is 1. The minimum absolute atomic E-state index is 0.160. The maximum Gasteiger partial charge on any atom is 0.335 e. The maximum absolute atomic E-state index is 13.7. The standard InChI is InChI=1S/C24H21ClN8O2/c25-21-20(12-32(30-21)19-13-35-14-19)28-23-27-10-15-11-31(17-6-2-1-3-7-17)24(34)33(22(15)29-23)18-8-4-5-16(26)9-18/h1-10,12,19H,11,13-14,26H2,(H,27,28,29). The van der Waals surface area contributed by atoms with Gasteiger partial charge in [0.2, 0.25) is 5.95 Å². The van der Waals surface area contributed by atoms with Gasteiger partial charge in [0.25, 0.3) is 0 Å². The third-order valence-electron chi connectivity index (χ3n) is 5.93. The molecule has 0 spiro atoms. The first-order valence-electron chi connectivity index (χ1n) is 11.0. The number of carbonyl (C=O) groups is 1. The fourth-order valence-electron chi connectivity index (χ4n) is 4.06. The third kappa shape index (κ3) is 3.92. The Labute approximate surface area is 205 Å². The molecule has 2 aromatic heterocycles. The summed E-state index contributed by atoms with van der Waals surface area (Å²) in [6, 6.07) is 16.5. The van der Waals surface area contributed by atoms with Crippen LogP contribution in [0, 0.1) is 0 Å². The van der Waals surface area contributed by atoms with E-state index < -0.39 is 0 Å². The van der Waals surface area contributed by atoms with Crippen molar-refractivity contribution < 1.29 is 9.53 Å². The van der Waals surface area contributed by atoms with Crippen molar-refractivity contribution in [3.8, 4) is 0 Å². The van der Waals surface area contributed by atoms with E-state index in [1.165, 1.54) is 0 Å². The second-order valence-corrected chi connectivity index (χ2v) is 8.67. The van der Waals surface area contributed by atoms with E-state index in [4.69, 9.17) is 27.1 Å². The summed E-state index contributed by atoms with van der Waals surface area (Å²) < 4.78 is 7.00. The van der Waals surface area contributed by atoms with Crippen molar-refractivity contribution in [1.82, 2.24) is 19.7 Å². The average molecular weight is 489 g/mol. The van der Waals surface area contributed by atoms with Gasteiger partial charge in [-0.15, -0.1) is 0 Å². The predicted octanol–water partition coefficient (Wildman–Crippen LogP) is 4.50. The number of anilines is 6. The Balaban J connectivity index is 1.39. The zero-order chi connectivity index (χ0) is 23.9. The Morgan fingerprint density at radius 1 is 1.09 bits per heavy atom. The monoisotopic (exact) mass is 488 g/mol. The summed E-state index contributed by atoms with van der Waals surface area (Å²) in [6.07, 6.45) is 3.51. The first-order valence-corrected chi connectivity index (χ1v) is 11.4. The number of nitrogens with one attached hydrogen (secondary N) is 1. The van der Waals surface area contributed by atoms with Crippen molar-refractivity contribution in [3.05, 3.63) is 77.7 Å². The minimum atomic E-state index is -0.241. The second-order valence-electron chi connectivity index (χ2n) is 8.31. The first-order chi connectivity index (χ1) is 17.1. The molecule has 3 N–H and O–H groups in total. The molecule has 0 aliphatic carbocycles. The number of ether oxygens (including phenoxy) is 1. The van der Waals surface area contributed by atoms with Crippen LogP contribution in [0.15, 0.2) is 67.0 Å². The van der Waals surface area contributed by atoms with E-state index in [9.17, 15) is 4.79 Å². The van der Waals surface area contributed by atoms with Crippen molar-refractivity contribution in [1.29, 1.82) is 0 Å². The quantitative estimate of drug-likeness (QED) is 0.397. The van der Waals surface area contributed by atoms with Gasteiger partial charge in [0.05, 0.1) is 43.4 Å². The van der Waals surface area contributed by atoms with Crippen LogP contribution in [0.25, 0.3) is 0 Å². The van der Waals surface area contributed by atoms with Crippen molar-refractivity contribution in [2.24, 2.45) is 0 Å². The molecule has 0 saturated carbocycles. The number of urea groups is 1. The molecule has 10 nitrogen and oxygen atoms in total. The molecule has 1 saturated heterocycles. The summed E-state index contributed by atoms with van der Waals surface area (Å²) in [5, 5.41) is 7.78. The number of amides is 2. The zero-order valence-corrected chi connectivity index (χ0v) is 19.3. The highest BCUT2D eigenvalue weighted by atomic mass is 35.5. The number of hydrogen-bond donors (Lipinski definition) is 2. The number of carbonyl (C=O) groups excluding carboxylic acids is 1. The molecular weight excluding hydrogens is 468 g/mol. The lowest BCUT2D eigenvalue weighted by Gasteiger charge is -2.36. The molecule has 0 unspecified atom stereocenters. The van der Waals surface area contributed by atoms with Crippen molar-refractivity contribution in [2.45, 2.75) is 12.6 Å². The maximum atomic E-state index is 13.7. The number of benzene rings is 2. The Kier molecular flexibility index (Phi) is 5.24. The van der Waals surface area contributed by atoms with E-state index in [-0.39, 0.29) is 12.1 Å². The summed E-state index contributed by atoms with van der Waals surface area (Å²) in [7, 11) is 0. The molecule has 2 aromatic carbocycles. The lowest BCUT2D eigenvalue weighted by molar-refractivity contribution is -0.0286.